The second kappa shape index (κ2) is 5.63. The molecule has 0 aromatic carbocycles. The van der Waals surface area contributed by atoms with E-state index in [1.165, 1.54) is 44.2 Å². The highest BCUT2D eigenvalue weighted by molar-refractivity contribution is 5.14. The van der Waals surface area contributed by atoms with E-state index >= 15 is 0 Å². The molecule has 4 nitrogen and oxygen atoms in total. The Morgan fingerprint density at radius 1 is 1.24 bits per heavy atom. The van der Waals surface area contributed by atoms with E-state index in [1.807, 2.05) is 0 Å². The van der Waals surface area contributed by atoms with Crippen molar-refractivity contribution in [3.63, 3.8) is 0 Å². The second-order valence-corrected chi connectivity index (χ2v) is 5.37. The fourth-order valence-electron chi connectivity index (χ4n) is 2.85. The Hall–Kier alpha value is -0.900. The van der Waals surface area contributed by atoms with Crippen LogP contribution in [0.4, 0.5) is 0 Å². The van der Waals surface area contributed by atoms with Crippen molar-refractivity contribution in [1.29, 1.82) is 0 Å². The monoisotopic (exact) mass is 236 g/mol. The molecular formula is C13H24N4. The van der Waals surface area contributed by atoms with Crippen LogP contribution in [-0.4, -0.2) is 15.0 Å². The van der Waals surface area contributed by atoms with Gasteiger partial charge in [0, 0.05) is 6.54 Å². The quantitative estimate of drug-likeness (QED) is 0.821. The summed E-state index contributed by atoms with van der Waals surface area (Å²) in [5, 5.41) is 8.61. The van der Waals surface area contributed by atoms with Crippen molar-refractivity contribution in [3.8, 4) is 0 Å². The van der Waals surface area contributed by atoms with Gasteiger partial charge < -0.3 is 5.73 Å². The lowest BCUT2D eigenvalue weighted by Crippen LogP contribution is -2.15. The van der Waals surface area contributed by atoms with Gasteiger partial charge in [-0.25, -0.2) is 4.68 Å². The van der Waals surface area contributed by atoms with Gasteiger partial charge in [0.1, 0.15) is 0 Å². The Balaban J connectivity index is 2.26. The summed E-state index contributed by atoms with van der Waals surface area (Å²) in [5.41, 5.74) is 7.97. The maximum absolute atomic E-state index is 5.75. The van der Waals surface area contributed by atoms with Crippen molar-refractivity contribution in [2.24, 2.45) is 5.73 Å². The van der Waals surface area contributed by atoms with Crippen LogP contribution < -0.4 is 5.73 Å². The van der Waals surface area contributed by atoms with Crippen molar-refractivity contribution in [2.45, 2.75) is 70.9 Å². The van der Waals surface area contributed by atoms with E-state index in [-0.39, 0.29) is 0 Å². The fourth-order valence-corrected chi connectivity index (χ4v) is 2.85. The van der Waals surface area contributed by atoms with E-state index in [1.54, 1.807) is 0 Å². The summed E-state index contributed by atoms with van der Waals surface area (Å²) >= 11 is 0. The summed E-state index contributed by atoms with van der Waals surface area (Å²) in [5.74, 6) is 0.451. The van der Waals surface area contributed by atoms with Gasteiger partial charge in [-0.1, -0.05) is 44.7 Å². The molecule has 4 heteroatoms. The van der Waals surface area contributed by atoms with Gasteiger partial charge in [-0.05, 0) is 18.8 Å². The summed E-state index contributed by atoms with van der Waals surface area (Å²) in [6, 6.07) is 0.544. The Labute approximate surface area is 104 Å². The fraction of sp³-hybridized carbons (Fsp3) is 0.846. The molecule has 0 unspecified atom stereocenters. The first kappa shape index (κ1) is 12.6. The number of aromatic nitrogens is 3. The second-order valence-electron chi connectivity index (χ2n) is 5.37. The SMILES string of the molecule is CC(C)c1c(CN)nnn1C1CCCCCC1. The van der Waals surface area contributed by atoms with E-state index in [4.69, 9.17) is 5.73 Å². The highest BCUT2D eigenvalue weighted by Crippen LogP contribution is 2.30. The summed E-state index contributed by atoms with van der Waals surface area (Å²) in [6.07, 6.45) is 7.86. The summed E-state index contributed by atoms with van der Waals surface area (Å²) in [4.78, 5) is 0. The van der Waals surface area contributed by atoms with Crippen molar-refractivity contribution < 1.29 is 0 Å². The minimum atomic E-state index is 0.451. The van der Waals surface area contributed by atoms with Crippen LogP contribution in [-0.2, 0) is 6.54 Å². The van der Waals surface area contributed by atoms with Crippen molar-refractivity contribution in [3.05, 3.63) is 11.4 Å². The Morgan fingerprint density at radius 2 is 1.88 bits per heavy atom. The van der Waals surface area contributed by atoms with Crippen LogP contribution in [0.3, 0.4) is 0 Å². The largest absolute Gasteiger partial charge is 0.325 e. The van der Waals surface area contributed by atoms with Crippen molar-refractivity contribution in [1.82, 2.24) is 15.0 Å². The number of hydrogen-bond donors (Lipinski definition) is 1. The third-order valence-electron chi connectivity index (χ3n) is 3.72. The van der Waals surface area contributed by atoms with Gasteiger partial charge in [0.15, 0.2) is 0 Å². The summed E-state index contributed by atoms with van der Waals surface area (Å²) < 4.78 is 2.16. The van der Waals surface area contributed by atoms with Crippen LogP contribution in [0.2, 0.25) is 0 Å². The number of hydrogen-bond acceptors (Lipinski definition) is 3. The molecule has 0 aliphatic heterocycles. The van der Waals surface area contributed by atoms with Gasteiger partial charge in [0.05, 0.1) is 17.4 Å². The molecule has 2 N–H and O–H groups in total. The van der Waals surface area contributed by atoms with E-state index < -0.39 is 0 Å². The van der Waals surface area contributed by atoms with Gasteiger partial charge in [0.25, 0.3) is 0 Å². The van der Waals surface area contributed by atoms with E-state index in [9.17, 15) is 0 Å². The number of nitrogens with two attached hydrogens (primary N) is 1. The van der Waals surface area contributed by atoms with E-state index in [0.717, 1.165) is 5.69 Å². The molecule has 0 atom stereocenters. The molecule has 0 bridgehead atoms. The van der Waals surface area contributed by atoms with Crippen LogP contribution in [0.1, 0.15) is 75.7 Å². The smallest absolute Gasteiger partial charge is 0.0997 e. The van der Waals surface area contributed by atoms with Gasteiger partial charge in [-0.3, -0.25) is 0 Å². The standard InChI is InChI=1S/C13H24N4/c1-10(2)13-12(9-14)15-16-17(13)11-7-5-3-4-6-8-11/h10-11H,3-9,14H2,1-2H3. The van der Waals surface area contributed by atoms with E-state index in [0.29, 0.717) is 18.5 Å². The van der Waals surface area contributed by atoms with Gasteiger partial charge in [0.2, 0.25) is 0 Å². The summed E-state index contributed by atoms with van der Waals surface area (Å²) in [6.45, 7) is 4.90. The number of rotatable bonds is 3. The van der Waals surface area contributed by atoms with Crippen LogP contribution in [0.5, 0.6) is 0 Å². The molecule has 0 radical (unpaired) electrons. The average Bonchev–Trinajstić information content (AvgIpc) is 2.56. The lowest BCUT2D eigenvalue weighted by molar-refractivity contribution is 0.380. The molecular weight excluding hydrogens is 212 g/mol. The zero-order chi connectivity index (χ0) is 12.3. The normalized spacial score (nSPS) is 18.6. The van der Waals surface area contributed by atoms with Crippen LogP contribution in [0, 0.1) is 0 Å². The Bertz CT molecular complexity index is 348. The molecule has 2 rings (SSSR count). The number of nitrogens with zero attached hydrogens (tertiary/aromatic N) is 3. The molecule has 0 spiro atoms. The Kier molecular flexibility index (Phi) is 4.15. The molecule has 96 valence electrons. The van der Waals surface area contributed by atoms with Crippen LogP contribution in [0.25, 0.3) is 0 Å². The minimum Gasteiger partial charge on any atom is -0.325 e. The molecule has 0 amide bonds. The topological polar surface area (TPSA) is 56.7 Å². The molecule has 1 aliphatic rings. The maximum Gasteiger partial charge on any atom is 0.0997 e. The van der Waals surface area contributed by atoms with Crippen molar-refractivity contribution >= 4 is 0 Å². The average molecular weight is 236 g/mol. The molecule has 1 aromatic rings. The molecule has 0 saturated heterocycles. The molecule has 1 heterocycles. The van der Waals surface area contributed by atoms with Crippen LogP contribution >= 0.6 is 0 Å². The first-order valence-electron chi connectivity index (χ1n) is 6.88. The predicted molar refractivity (Wildman–Crippen MR) is 68.7 cm³/mol. The van der Waals surface area contributed by atoms with Crippen molar-refractivity contribution in [2.75, 3.05) is 0 Å². The maximum atomic E-state index is 5.75. The van der Waals surface area contributed by atoms with Crippen LogP contribution in [0.15, 0.2) is 0 Å². The zero-order valence-corrected chi connectivity index (χ0v) is 11.0. The summed E-state index contributed by atoms with van der Waals surface area (Å²) in [7, 11) is 0. The lowest BCUT2D eigenvalue weighted by Gasteiger charge is -2.19. The van der Waals surface area contributed by atoms with E-state index in [2.05, 4.69) is 28.8 Å². The van der Waals surface area contributed by atoms with Gasteiger partial charge >= 0.3 is 0 Å². The molecule has 1 fully saturated rings. The zero-order valence-electron chi connectivity index (χ0n) is 11.0. The molecule has 1 aromatic heterocycles. The highest BCUT2D eigenvalue weighted by atomic mass is 15.4. The predicted octanol–water partition coefficient (Wildman–Crippen LogP) is 2.76. The molecule has 17 heavy (non-hydrogen) atoms. The first-order chi connectivity index (χ1) is 8.24. The third kappa shape index (κ3) is 2.68. The highest BCUT2D eigenvalue weighted by Gasteiger charge is 2.22. The molecule has 1 aliphatic carbocycles. The lowest BCUT2D eigenvalue weighted by atomic mass is 10.0. The van der Waals surface area contributed by atoms with Gasteiger partial charge in [-0.15, -0.1) is 5.10 Å². The molecule has 1 saturated carbocycles. The van der Waals surface area contributed by atoms with Gasteiger partial charge in [-0.2, -0.15) is 0 Å². The third-order valence-corrected chi connectivity index (χ3v) is 3.72. The first-order valence-corrected chi connectivity index (χ1v) is 6.88. The Morgan fingerprint density at radius 3 is 2.41 bits per heavy atom. The minimum absolute atomic E-state index is 0.451.